The van der Waals surface area contributed by atoms with Crippen molar-refractivity contribution < 1.29 is 9.59 Å². The Morgan fingerprint density at radius 2 is 1.74 bits per heavy atom. The molecule has 1 heterocycles. The SMILES string of the molecule is Cc1ccc(C)c(CN2C(=O)NC(C)(c3ccccc3)C2=O)c1. The molecule has 1 aliphatic rings. The zero-order valence-corrected chi connectivity index (χ0v) is 13.6. The van der Waals surface area contributed by atoms with E-state index in [0.717, 1.165) is 22.3 Å². The summed E-state index contributed by atoms with van der Waals surface area (Å²) in [6.07, 6.45) is 0. The first-order valence-corrected chi connectivity index (χ1v) is 7.67. The van der Waals surface area contributed by atoms with Gasteiger partial charge in [-0.2, -0.15) is 0 Å². The average molecular weight is 308 g/mol. The molecule has 0 aliphatic carbocycles. The number of urea groups is 1. The van der Waals surface area contributed by atoms with E-state index >= 15 is 0 Å². The van der Waals surface area contributed by atoms with Gasteiger partial charge in [-0.05, 0) is 37.5 Å². The minimum atomic E-state index is -1.00. The van der Waals surface area contributed by atoms with Gasteiger partial charge < -0.3 is 5.32 Å². The summed E-state index contributed by atoms with van der Waals surface area (Å²) in [4.78, 5) is 26.5. The van der Waals surface area contributed by atoms with Crippen LogP contribution >= 0.6 is 0 Å². The van der Waals surface area contributed by atoms with Gasteiger partial charge in [-0.25, -0.2) is 4.79 Å². The molecule has 0 aromatic heterocycles. The highest BCUT2D eigenvalue weighted by atomic mass is 16.2. The van der Waals surface area contributed by atoms with Crippen LogP contribution in [0, 0.1) is 13.8 Å². The molecule has 23 heavy (non-hydrogen) atoms. The third-order valence-electron chi connectivity index (χ3n) is 4.46. The van der Waals surface area contributed by atoms with E-state index in [4.69, 9.17) is 0 Å². The summed E-state index contributed by atoms with van der Waals surface area (Å²) in [5.41, 5.74) is 2.97. The molecule has 118 valence electrons. The van der Waals surface area contributed by atoms with Crippen molar-refractivity contribution in [2.45, 2.75) is 32.9 Å². The predicted molar refractivity (Wildman–Crippen MR) is 88.8 cm³/mol. The first-order chi connectivity index (χ1) is 10.9. The zero-order valence-electron chi connectivity index (χ0n) is 13.6. The Morgan fingerprint density at radius 3 is 2.43 bits per heavy atom. The van der Waals surface area contributed by atoms with Crippen LogP contribution in [0.5, 0.6) is 0 Å². The molecule has 1 unspecified atom stereocenters. The number of imide groups is 1. The number of nitrogens with zero attached hydrogens (tertiary/aromatic N) is 1. The van der Waals surface area contributed by atoms with E-state index < -0.39 is 5.54 Å². The molecule has 3 rings (SSSR count). The maximum atomic E-state index is 12.9. The van der Waals surface area contributed by atoms with Gasteiger partial charge in [0.1, 0.15) is 5.54 Å². The van der Waals surface area contributed by atoms with Crippen molar-refractivity contribution in [2.75, 3.05) is 0 Å². The molecule has 0 bridgehead atoms. The first-order valence-electron chi connectivity index (χ1n) is 7.67. The summed E-state index contributed by atoms with van der Waals surface area (Å²) in [5.74, 6) is -0.213. The third-order valence-corrected chi connectivity index (χ3v) is 4.46. The largest absolute Gasteiger partial charge is 0.325 e. The van der Waals surface area contributed by atoms with E-state index in [1.165, 1.54) is 4.90 Å². The lowest BCUT2D eigenvalue weighted by molar-refractivity contribution is -0.131. The smallest absolute Gasteiger partial charge is 0.319 e. The molecule has 2 aromatic carbocycles. The van der Waals surface area contributed by atoms with Crippen molar-refractivity contribution in [1.29, 1.82) is 0 Å². The number of rotatable bonds is 3. The molecule has 2 aromatic rings. The van der Waals surface area contributed by atoms with Gasteiger partial charge in [0.05, 0.1) is 6.54 Å². The topological polar surface area (TPSA) is 49.4 Å². The summed E-state index contributed by atoms with van der Waals surface area (Å²) in [7, 11) is 0. The van der Waals surface area contributed by atoms with E-state index in [2.05, 4.69) is 5.32 Å². The molecular weight excluding hydrogens is 288 g/mol. The van der Waals surface area contributed by atoms with Crippen LogP contribution < -0.4 is 5.32 Å². The number of carbonyl (C=O) groups is 2. The molecule has 0 radical (unpaired) electrons. The van der Waals surface area contributed by atoms with Crippen LogP contribution in [-0.2, 0) is 16.9 Å². The lowest BCUT2D eigenvalue weighted by Gasteiger charge is -2.22. The van der Waals surface area contributed by atoms with Crippen LogP contribution in [-0.4, -0.2) is 16.8 Å². The highest BCUT2D eigenvalue weighted by Gasteiger charge is 2.48. The second-order valence-electron chi connectivity index (χ2n) is 6.24. The van der Waals surface area contributed by atoms with E-state index in [0.29, 0.717) is 6.54 Å². The third kappa shape index (κ3) is 2.61. The minimum Gasteiger partial charge on any atom is -0.319 e. The average Bonchev–Trinajstić information content (AvgIpc) is 2.76. The molecule has 1 N–H and O–H groups in total. The fraction of sp³-hybridized carbons (Fsp3) is 0.263. The number of carbonyl (C=O) groups excluding carboxylic acids is 2. The maximum Gasteiger partial charge on any atom is 0.325 e. The number of nitrogens with one attached hydrogen (secondary N) is 1. The van der Waals surface area contributed by atoms with E-state index in [-0.39, 0.29) is 11.9 Å². The Hall–Kier alpha value is -2.62. The second kappa shape index (κ2) is 5.54. The first kappa shape index (κ1) is 15.3. The van der Waals surface area contributed by atoms with Crippen LogP contribution in [0.2, 0.25) is 0 Å². The van der Waals surface area contributed by atoms with Crippen LogP contribution in [0.25, 0.3) is 0 Å². The van der Waals surface area contributed by atoms with Gasteiger partial charge in [0, 0.05) is 0 Å². The fourth-order valence-electron chi connectivity index (χ4n) is 2.95. The van der Waals surface area contributed by atoms with E-state index in [1.54, 1.807) is 6.92 Å². The van der Waals surface area contributed by atoms with Gasteiger partial charge in [0.25, 0.3) is 5.91 Å². The van der Waals surface area contributed by atoms with Crippen molar-refractivity contribution in [3.8, 4) is 0 Å². The van der Waals surface area contributed by atoms with Crippen molar-refractivity contribution >= 4 is 11.9 Å². The molecule has 0 saturated carbocycles. The fourth-order valence-corrected chi connectivity index (χ4v) is 2.95. The zero-order chi connectivity index (χ0) is 16.6. The monoisotopic (exact) mass is 308 g/mol. The minimum absolute atomic E-state index is 0.213. The van der Waals surface area contributed by atoms with Crippen LogP contribution in [0.1, 0.15) is 29.2 Å². The quantitative estimate of drug-likeness (QED) is 0.885. The lowest BCUT2D eigenvalue weighted by Crippen LogP contribution is -2.40. The predicted octanol–water partition coefficient (Wildman–Crippen LogP) is 3.27. The summed E-state index contributed by atoms with van der Waals surface area (Å²) in [6.45, 7) is 6.04. The Bertz CT molecular complexity index is 770. The molecule has 4 heteroatoms. The lowest BCUT2D eigenvalue weighted by atomic mass is 9.92. The van der Waals surface area contributed by atoms with Crippen molar-refractivity contribution in [3.05, 3.63) is 70.8 Å². The number of hydrogen-bond donors (Lipinski definition) is 1. The van der Waals surface area contributed by atoms with Gasteiger partial charge >= 0.3 is 6.03 Å². The normalized spacial score (nSPS) is 20.7. The standard InChI is InChI=1S/C19H20N2O2/c1-13-9-10-14(2)15(11-13)12-21-17(22)19(3,20-18(21)23)16-7-5-4-6-8-16/h4-11H,12H2,1-3H3,(H,20,23). The molecule has 1 fully saturated rings. The van der Waals surface area contributed by atoms with Gasteiger partial charge in [-0.3, -0.25) is 9.69 Å². The van der Waals surface area contributed by atoms with Gasteiger partial charge in [-0.15, -0.1) is 0 Å². The molecule has 1 atom stereocenters. The summed E-state index contributed by atoms with van der Waals surface area (Å²) in [6, 6.07) is 15.1. The van der Waals surface area contributed by atoms with Crippen molar-refractivity contribution in [3.63, 3.8) is 0 Å². The molecular formula is C19H20N2O2. The van der Waals surface area contributed by atoms with Gasteiger partial charge in [0.2, 0.25) is 0 Å². The molecule has 0 spiro atoms. The summed E-state index contributed by atoms with van der Waals surface area (Å²) in [5, 5.41) is 2.84. The summed E-state index contributed by atoms with van der Waals surface area (Å²) < 4.78 is 0. The Labute approximate surface area is 136 Å². The van der Waals surface area contributed by atoms with Gasteiger partial charge in [-0.1, -0.05) is 54.1 Å². The highest BCUT2D eigenvalue weighted by Crippen LogP contribution is 2.30. The van der Waals surface area contributed by atoms with Crippen molar-refractivity contribution in [2.24, 2.45) is 0 Å². The number of aryl methyl sites for hydroxylation is 2. The van der Waals surface area contributed by atoms with Crippen LogP contribution in [0.15, 0.2) is 48.5 Å². The summed E-state index contributed by atoms with van der Waals surface area (Å²) >= 11 is 0. The highest BCUT2D eigenvalue weighted by molar-refractivity contribution is 6.07. The molecule has 1 saturated heterocycles. The molecule has 3 amide bonds. The number of amides is 3. The van der Waals surface area contributed by atoms with Crippen LogP contribution in [0.3, 0.4) is 0 Å². The molecule has 1 aliphatic heterocycles. The van der Waals surface area contributed by atoms with Crippen molar-refractivity contribution in [1.82, 2.24) is 10.2 Å². The molecule has 4 nitrogen and oxygen atoms in total. The van der Waals surface area contributed by atoms with Gasteiger partial charge in [0.15, 0.2) is 0 Å². The Morgan fingerprint density at radius 1 is 1.04 bits per heavy atom. The van der Waals surface area contributed by atoms with E-state index in [1.807, 2.05) is 62.4 Å². The number of hydrogen-bond acceptors (Lipinski definition) is 2. The second-order valence-corrected chi connectivity index (χ2v) is 6.24. The van der Waals surface area contributed by atoms with E-state index in [9.17, 15) is 9.59 Å². The number of benzene rings is 2. The maximum absolute atomic E-state index is 12.9. The van der Waals surface area contributed by atoms with Crippen LogP contribution in [0.4, 0.5) is 4.79 Å². The Kier molecular flexibility index (Phi) is 3.68. The Balaban J connectivity index is 1.92.